The number of hydrogen-bond donors (Lipinski definition) is 1. The lowest BCUT2D eigenvalue weighted by atomic mass is 9.95. The molecule has 164 valence electrons. The normalized spacial score (nSPS) is 11.0. The van der Waals surface area contributed by atoms with Crippen LogP contribution in [0.5, 0.6) is 0 Å². The van der Waals surface area contributed by atoms with Gasteiger partial charge >= 0.3 is 5.97 Å². The SMILES string of the molecule is Cc1ccc(C(=O)CCC(=O)OCC(=O)c2ccc(NC(=O)C(C)(C)C)cc2)cc1C. The number of amides is 1. The quantitative estimate of drug-likeness (QED) is 0.492. The molecule has 0 bridgehead atoms. The summed E-state index contributed by atoms with van der Waals surface area (Å²) in [5.74, 6) is -1.22. The molecule has 0 radical (unpaired) electrons. The number of Topliss-reactive ketones (excluding diaryl/α,β-unsaturated/α-hetero) is 2. The maximum Gasteiger partial charge on any atom is 0.306 e. The Morgan fingerprint density at radius 3 is 2.00 bits per heavy atom. The zero-order valence-corrected chi connectivity index (χ0v) is 18.7. The zero-order chi connectivity index (χ0) is 23.2. The second-order valence-corrected chi connectivity index (χ2v) is 8.59. The van der Waals surface area contributed by atoms with Gasteiger partial charge in [0.2, 0.25) is 5.91 Å². The van der Waals surface area contributed by atoms with Gasteiger partial charge in [0.15, 0.2) is 18.2 Å². The molecule has 2 rings (SSSR count). The summed E-state index contributed by atoms with van der Waals surface area (Å²) in [6.45, 7) is 8.92. The van der Waals surface area contributed by atoms with Crippen LogP contribution in [0, 0.1) is 19.3 Å². The van der Waals surface area contributed by atoms with Crippen molar-refractivity contribution in [3.8, 4) is 0 Å². The molecular weight excluding hydrogens is 394 g/mol. The summed E-state index contributed by atoms with van der Waals surface area (Å²) >= 11 is 0. The van der Waals surface area contributed by atoms with E-state index in [1.807, 2.05) is 40.7 Å². The van der Waals surface area contributed by atoms with E-state index in [0.29, 0.717) is 16.8 Å². The van der Waals surface area contributed by atoms with Crippen LogP contribution in [-0.4, -0.2) is 30.0 Å². The summed E-state index contributed by atoms with van der Waals surface area (Å²) in [5, 5.41) is 2.78. The largest absolute Gasteiger partial charge is 0.457 e. The minimum atomic E-state index is -0.598. The Morgan fingerprint density at radius 1 is 0.806 bits per heavy atom. The van der Waals surface area contributed by atoms with Gasteiger partial charge in [-0.25, -0.2) is 0 Å². The number of hydrogen-bond acceptors (Lipinski definition) is 5. The molecule has 0 aliphatic carbocycles. The highest BCUT2D eigenvalue weighted by atomic mass is 16.5. The fourth-order valence-electron chi connectivity index (χ4n) is 2.63. The zero-order valence-electron chi connectivity index (χ0n) is 18.7. The molecule has 0 saturated carbocycles. The maximum absolute atomic E-state index is 12.2. The third-order valence-electron chi connectivity index (χ3n) is 4.90. The Hall–Kier alpha value is -3.28. The second-order valence-electron chi connectivity index (χ2n) is 8.59. The van der Waals surface area contributed by atoms with Crippen LogP contribution in [0.15, 0.2) is 42.5 Å². The van der Waals surface area contributed by atoms with Crippen molar-refractivity contribution in [1.82, 2.24) is 0 Å². The maximum atomic E-state index is 12.2. The van der Waals surface area contributed by atoms with Crippen molar-refractivity contribution in [1.29, 1.82) is 0 Å². The van der Waals surface area contributed by atoms with E-state index in [1.165, 1.54) is 0 Å². The number of esters is 1. The predicted octanol–water partition coefficient (Wildman–Crippen LogP) is 4.68. The Kier molecular flexibility index (Phi) is 7.86. The number of anilines is 1. The third-order valence-corrected chi connectivity index (χ3v) is 4.90. The lowest BCUT2D eigenvalue weighted by molar-refractivity contribution is -0.142. The number of nitrogens with one attached hydrogen (secondary N) is 1. The number of rotatable bonds is 8. The molecule has 1 amide bonds. The van der Waals surface area contributed by atoms with E-state index >= 15 is 0 Å². The fourth-order valence-corrected chi connectivity index (χ4v) is 2.63. The number of benzene rings is 2. The van der Waals surface area contributed by atoms with Crippen molar-refractivity contribution in [3.05, 3.63) is 64.7 Å². The number of ketones is 2. The number of ether oxygens (including phenoxy) is 1. The number of carbonyl (C=O) groups is 4. The summed E-state index contributed by atoms with van der Waals surface area (Å²) in [6, 6.07) is 11.8. The monoisotopic (exact) mass is 423 g/mol. The first-order valence-corrected chi connectivity index (χ1v) is 10.2. The summed E-state index contributed by atoms with van der Waals surface area (Å²) in [5.41, 5.74) is 3.10. The highest BCUT2D eigenvalue weighted by molar-refractivity contribution is 6.00. The Balaban J connectivity index is 1.81. The smallest absolute Gasteiger partial charge is 0.306 e. The lowest BCUT2D eigenvalue weighted by Crippen LogP contribution is -2.27. The fraction of sp³-hybridized carbons (Fsp3) is 0.360. The summed E-state index contributed by atoms with van der Waals surface area (Å²) in [4.78, 5) is 48.4. The molecule has 0 heterocycles. The highest BCUT2D eigenvalue weighted by Crippen LogP contribution is 2.18. The lowest BCUT2D eigenvalue weighted by Gasteiger charge is -2.17. The van der Waals surface area contributed by atoms with Gasteiger partial charge in [-0.1, -0.05) is 32.9 Å². The van der Waals surface area contributed by atoms with Gasteiger partial charge in [0.1, 0.15) is 0 Å². The van der Waals surface area contributed by atoms with Crippen LogP contribution in [-0.2, 0) is 14.3 Å². The molecule has 31 heavy (non-hydrogen) atoms. The van der Waals surface area contributed by atoms with Crippen LogP contribution in [0.3, 0.4) is 0 Å². The standard InChI is InChI=1S/C25H29NO5/c1-16-6-7-19(14-17(16)2)21(27)12-13-23(29)31-15-22(28)18-8-10-20(11-9-18)26-24(30)25(3,4)5/h6-11,14H,12-13,15H2,1-5H3,(H,26,30). The highest BCUT2D eigenvalue weighted by Gasteiger charge is 2.21. The molecule has 1 N–H and O–H groups in total. The van der Waals surface area contributed by atoms with Crippen LogP contribution >= 0.6 is 0 Å². The average molecular weight is 424 g/mol. The van der Waals surface area contributed by atoms with Crippen molar-refractivity contribution in [3.63, 3.8) is 0 Å². The van der Waals surface area contributed by atoms with Gasteiger partial charge in [0, 0.05) is 28.7 Å². The van der Waals surface area contributed by atoms with Gasteiger partial charge in [-0.15, -0.1) is 0 Å². The van der Waals surface area contributed by atoms with Gasteiger partial charge in [-0.2, -0.15) is 0 Å². The van der Waals surface area contributed by atoms with E-state index < -0.39 is 18.0 Å². The van der Waals surface area contributed by atoms with Gasteiger partial charge in [0.05, 0.1) is 6.42 Å². The van der Waals surface area contributed by atoms with Gasteiger partial charge in [-0.3, -0.25) is 19.2 Å². The number of carbonyl (C=O) groups excluding carboxylic acids is 4. The van der Waals surface area contributed by atoms with Crippen molar-refractivity contribution in [2.75, 3.05) is 11.9 Å². The molecule has 0 unspecified atom stereocenters. The van der Waals surface area contributed by atoms with E-state index in [1.54, 1.807) is 36.4 Å². The van der Waals surface area contributed by atoms with E-state index in [9.17, 15) is 19.2 Å². The van der Waals surface area contributed by atoms with E-state index in [4.69, 9.17) is 4.74 Å². The molecule has 0 aromatic heterocycles. The molecule has 2 aromatic rings. The first kappa shape index (κ1) is 24.0. The van der Waals surface area contributed by atoms with Crippen LogP contribution in [0.2, 0.25) is 0 Å². The molecule has 0 fully saturated rings. The Bertz CT molecular complexity index is 984. The van der Waals surface area contributed by atoms with Gasteiger partial charge in [0.25, 0.3) is 0 Å². The predicted molar refractivity (Wildman–Crippen MR) is 119 cm³/mol. The van der Waals surface area contributed by atoms with Crippen LogP contribution in [0.25, 0.3) is 0 Å². The summed E-state index contributed by atoms with van der Waals surface area (Å²) in [6.07, 6.45) is -0.0610. The molecule has 6 heteroatoms. The van der Waals surface area contributed by atoms with Crippen LogP contribution in [0.4, 0.5) is 5.69 Å². The van der Waals surface area contributed by atoms with Crippen molar-refractivity contribution in [2.24, 2.45) is 5.41 Å². The summed E-state index contributed by atoms with van der Waals surface area (Å²) < 4.78 is 5.02. The summed E-state index contributed by atoms with van der Waals surface area (Å²) in [7, 11) is 0. The molecular formula is C25H29NO5. The van der Waals surface area contributed by atoms with E-state index in [0.717, 1.165) is 11.1 Å². The molecule has 6 nitrogen and oxygen atoms in total. The number of aryl methyl sites for hydroxylation is 2. The molecule has 0 saturated heterocycles. The van der Waals surface area contributed by atoms with Gasteiger partial charge in [-0.05, 0) is 55.3 Å². The van der Waals surface area contributed by atoms with E-state index in [2.05, 4.69) is 5.32 Å². The van der Waals surface area contributed by atoms with E-state index in [-0.39, 0.29) is 30.3 Å². The minimum absolute atomic E-state index is 0.0255. The Labute approximate surface area is 183 Å². The molecule has 0 aliphatic rings. The molecule has 0 aliphatic heterocycles. The molecule has 0 spiro atoms. The van der Waals surface area contributed by atoms with Crippen LogP contribution < -0.4 is 5.32 Å². The Morgan fingerprint density at radius 2 is 1.42 bits per heavy atom. The van der Waals surface area contributed by atoms with Crippen molar-refractivity contribution < 1.29 is 23.9 Å². The first-order valence-electron chi connectivity index (χ1n) is 10.2. The topological polar surface area (TPSA) is 89.5 Å². The third kappa shape index (κ3) is 7.17. The van der Waals surface area contributed by atoms with Crippen LogP contribution in [0.1, 0.15) is 65.5 Å². The van der Waals surface area contributed by atoms with Gasteiger partial charge < -0.3 is 10.1 Å². The average Bonchev–Trinajstić information content (AvgIpc) is 2.72. The van der Waals surface area contributed by atoms with Crippen molar-refractivity contribution in [2.45, 2.75) is 47.5 Å². The molecule has 2 aromatic carbocycles. The minimum Gasteiger partial charge on any atom is -0.457 e. The molecule has 0 atom stereocenters. The van der Waals surface area contributed by atoms with Crippen molar-refractivity contribution >= 4 is 29.1 Å². The first-order chi connectivity index (χ1) is 14.5. The second kappa shape index (κ2) is 10.2.